The number of fused-ring (bicyclic) bond motifs is 4. The van der Waals surface area contributed by atoms with Gasteiger partial charge in [0.25, 0.3) is 0 Å². The highest BCUT2D eigenvalue weighted by Gasteiger charge is 2.43. The molecular formula is C42H33NO4. The molecule has 5 aromatic carbocycles. The van der Waals surface area contributed by atoms with Gasteiger partial charge in [0.15, 0.2) is 11.6 Å². The SMILES string of the molecule is O=C(O)c1ccc2c(c1)C(=O)C(Cc1ccc3c(c1)C1CCCC1N3c1ccc(C=C(c3ccccc3)c3ccccc3)cc1)C2=O. The lowest BCUT2D eigenvalue weighted by Gasteiger charge is -2.27. The van der Waals surface area contributed by atoms with Gasteiger partial charge in [-0.1, -0.05) is 91.3 Å². The number of carbonyl (C=O) groups excluding carboxylic acids is 2. The fourth-order valence-corrected chi connectivity index (χ4v) is 7.85. The average molecular weight is 616 g/mol. The number of benzene rings is 5. The summed E-state index contributed by atoms with van der Waals surface area (Å²) in [6.07, 6.45) is 5.95. The Morgan fingerprint density at radius 2 is 1.40 bits per heavy atom. The molecule has 47 heavy (non-hydrogen) atoms. The van der Waals surface area contributed by atoms with E-state index in [9.17, 15) is 19.5 Å². The Morgan fingerprint density at radius 3 is 2.09 bits per heavy atom. The number of hydrogen-bond acceptors (Lipinski definition) is 4. The third kappa shape index (κ3) is 5.08. The van der Waals surface area contributed by atoms with Crippen LogP contribution in [0.1, 0.15) is 84.1 Å². The lowest BCUT2D eigenvalue weighted by molar-refractivity contribution is 0.0696. The van der Waals surface area contributed by atoms with Crippen molar-refractivity contribution in [3.05, 3.63) is 166 Å². The second-order valence-electron chi connectivity index (χ2n) is 12.8. The molecule has 0 aromatic heterocycles. The predicted octanol–water partition coefficient (Wildman–Crippen LogP) is 9.00. The summed E-state index contributed by atoms with van der Waals surface area (Å²) in [5.74, 6) is -2.04. The Morgan fingerprint density at radius 1 is 0.723 bits per heavy atom. The molecular weight excluding hydrogens is 582 g/mol. The molecule has 1 N–H and O–H groups in total. The van der Waals surface area contributed by atoms with Gasteiger partial charge < -0.3 is 10.0 Å². The zero-order valence-corrected chi connectivity index (χ0v) is 25.8. The van der Waals surface area contributed by atoms with Crippen molar-refractivity contribution < 1.29 is 19.5 Å². The van der Waals surface area contributed by atoms with Gasteiger partial charge in [0.2, 0.25) is 0 Å². The Bertz CT molecular complexity index is 2020. The number of ketones is 2. The van der Waals surface area contributed by atoms with Crippen molar-refractivity contribution in [2.24, 2.45) is 5.92 Å². The molecule has 3 atom stereocenters. The molecule has 2 aliphatic carbocycles. The molecule has 5 heteroatoms. The molecule has 5 nitrogen and oxygen atoms in total. The maximum atomic E-state index is 13.3. The van der Waals surface area contributed by atoms with Crippen LogP contribution in [-0.4, -0.2) is 28.7 Å². The second-order valence-corrected chi connectivity index (χ2v) is 12.8. The number of carboxylic acid groups (broad SMARTS) is 1. The fourth-order valence-electron chi connectivity index (χ4n) is 7.85. The fraction of sp³-hybridized carbons (Fsp3) is 0.167. The maximum Gasteiger partial charge on any atom is 0.335 e. The lowest BCUT2D eigenvalue weighted by Crippen LogP contribution is -2.26. The van der Waals surface area contributed by atoms with Crippen LogP contribution in [-0.2, 0) is 6.42 Å². The van der Waals surface area contributed by atoms with Gasteiger partial charge in [0.05, 0.1) is 11.5 Å². The van der Waals surface area contributed by atoms with E-state index >= 15 is 0 Å². The van der Waals surface area contributed by atoms with Gasteiger partial charge >= 0.3 is 5.97 Å². The molecule has 0 amide bonds. The maximum absolute atomic E-state index is 13.3. The van der Waals surface area contributed by atoms with E-state index in [4.69, 9.17) is 0 Å². The Kier molecular flexibility index (Phi) is 7.17. The van der Waals surface area contributed by atoms with Gasteiger partial charge in [-0.15, -0.1) is 0 Å². The minimum Gasteiger partial charge on any atom is -0.478 e. The molecule has 0 bridgehead atoms. The number of rotatable bonds is 7. The highest BCUT2D eigenvalue weighted by Crippen LogP contribution is 2.52. The van der Waals surface area contributed by atoms with Crippen LogP contribution in [0, 0.1) is 5.92 Å². The van der Waals surface area contributed by atoms with E-state index in [0.29, 0.717) is 23.9 Å². The quantitative estimate of drug-likeness (QED) is 0.146. The average Bonchev–Trinajstić information content (AvgIpc) is 3.77. The molecule has 1 fully saturated rings. The number of hydrogen-bond donors (Lipinski definition) is 1. The summed E-state index contributed by atoms with van der Waals surface area (Å²) in [4.78, 5) is 40.4. The number of nitrogens with zero attached hydrogens (tertiary/aromatic N) is 1. The van der Waals surface area contributed by atoms with Crippen molar-refractivity contribution in [3.63, 3.8) is 0 Å². The van der Waals surface area contributed by atoms with Crippen molar-refractivity contribution in [1.29, 1.82) is 0 Å². The normalized spacial score (nSPS) is 19.3. The van der Waals surface area contributed by atoms with Crippen LogP contribution in [0.2, 0.25) is 0 Å². The van der Waals surface area contributed by atoms with E-state index in [1.807, 2.05) is 18.2 Å². The van der Waals surface area contributed by atoms with E-state index in [0.717, 1.165) is 36.1 Å². The number of carbonyl (C=O) groups is 3. The molecule has 1 heterocycles. The van der Waals surface area contributed by atoms with E-state index in [1.165, 1.54) is 46.1 Å². The smallest absolute Gasteiger partial charge is 0.335 e. The summed E-state index contributed by atoms with van der Waals surface area (Å²) < 4.78 is 0. The van der Waals surface area contributed by atoms with Crippen molar-refractivity contribution in [1.82, 2.24) is 0 Å². The topological polar surface area (TPSA) is 74.7 Å². The zero-order chi connectivity index (χ0) is 32.1. The summed E-state index contributed by atoms with van der Waals surface area (Å²) in [5.41, 5.74) is 9.84. The Hall–Kier alpha value is -5.55. The number of anilines is 2. The molecule has 0 radical (unpaired) electrons. The second kappa shape index (κ2) is 11.7. The van der Waals surface area contributed by atoms with Crippen LogP contribution in [0.25, 0.3) is 11.6 Å². The van der Waals surface area contributed by atoms with Gasteiger partial charge in [-0.2, -0.15) is 0 Å². The highest BCUT2D eigenvalue weighted by atomic mass is 16.4. The number of carboxylic acids is 1. The summed E-state index contributed by atoms with van der Waals surface area (Å²) in [6, 6.07) is 40.8. The summed E-state index contributed by atoms with van der Waals surface area (Å²) in [5, 5.41) is 9.37. The first-order valence-corrected chi connectivity index (χ1v) is 16.3. The van der Waals surface area contributed by atoms with Crippen molar-refractivity contribution in [2.45, 2.75) is 37.6 Å². The van der Waals surface area contributed by atoms with Crippen LogP contribution in [0.3, 0.4) is 0 Å². The van der Waals surface area contributed by atoms with E-state index in [-0.39, 0.29) is 22.7 Å². The summed E-state index contributed by atoms with van der Waals surface area (Å²) in [7, 11) is 0. The summed E-state index contributed by atoms with van der Waals surface area (Å²) in [6.45, 7) is 0. The molecule has 1 aliphatic heterocycles. The molecule has 1 saturated carbocycles. The standard InChI is InChI=1S/C42H33NO4/c44-40-33-20-17-30(42(46)47)25-36(33)41(45)37(40)24-27-16-21-39-35(23-27)32-12-7-13-38(32)43(39)31-18-14-26(15-19-31)22-34(28-8-3-1-4-9-28)29-10-5-2-6-11-29/h1-6,8-11,14-23,25,32,37-38H,7,12-13,24H2,(H,46,47). The summed E-state index contributed by atoms with van der Waals surface area (Å²) >= 11 is 0. The highest BCUT2D eigenvalue weighted by molar-refractivity contribution is 6.27. The van der Waals surface area contributed by atoms with Crippen LogP contribution in [0.15, 0.2) is 121 Å². The molecule has 5 aromatic rings. The van der Waals surface area contributed by atoms with Crippen LogP contribution < -0.4 is 4.90 Å². The number of Topliss-reactive ketones (excluding diaryl/α,β-unsaturated/α-hetero) is 2. The molecule has 3 unspecified atom stereocenters. The van der Waals surface area contributed by atoms with E-state index in [2.05, 4.69) is 95.9 Å². The van der Waals surface area contributed by atoms with E-state index < -0.39 is 11.9 Å². The van der Waals surface area contributed by atoms with Gasteiger partial charge in [-0.05, 0) is 95.1 Å². The van der Waals surface area contributed by atoms with Crippen molar-refractivity contribution in [2.75, 3.05) is 4.90 Å². The first kappa shape index (κ1) is 28.9. The van der Waals surface area contributed by atoms with Gasteiger partial charge in [0.1, 0.15) is 0 Å². The van der Waals surface area contributed by atoms with Crippen LogP contribution >= 0.6 is 0 Å². The third-order valence-corrected chi connectivity index (χ3v) is 10.1. The molecule has 0 spiro atoms. The number of aromatic carboxylic acids is 1. The monoisotopic (exact) mass is 615 g/mol. The van der Waals surface area contributed by atoms with Gasteiger partial charge in [0, 0.05) is 34.5 Å². The van der Waals surface area contributed by atoms with Crippen molar-refractivity contribution >= 4 is 40.6 Å². The zero-order valence-electron chi connectivity index (χ0n) is 25.8. The molecule has 3 aliphatic rings. The first-order valence-electron chi connectivity index (χ1n) is 16.3. The Balaban J connectivity index is 1.08. The largest absolute Gasteiger partial charge is 0.478 e. The molecule has 8 rings (SSSR count). The van der Waals surface area contributed by atoms with Gasteiger partial charge in [-0.25, -0.2) is 4.79 Å². The van der Waals surface area contributed by atoms with Crippen LogP contribution in [0.4, 0.5) is 11.4 Å². The minimum absolute atomic E-state index is 0.0207. The minimum atomic E-state index is -1.11. The van der Waals surface area contributed by atoms with Crippen LogP contribution in [0.5, 0.6) is 0 Å². The van der Waals surface area contributed by atoms with E-state index in [1.54, 1.807) is 0 Å². The first-order chi connectivity index (χ1) is 23.0. The van der Waals surface area contributed by atoms with Gasteiger partial charge in [-0.3, -0.25) is 9.59 Å². The third-order valence-electron chi connectivity index (χ3n) is 10.1. The van der Waals surface area contributed by atoms with Crippen molar-refractivity contribution in [3.8, 4) is 0 Å². The lowest BCUT2D eigenvalue weighted by atomic mass is 9.91. The Labute approximate surface area is 273 Å². The molecule has 230 valence electrons. The molecule has 0 saturated heterocycles. The predicted molar refractivity (Wildman–Crippen MR) is 185 cm³/mol.